The molecular weight excluding hydrogens is 422 g/mol. The van der Waals surface area contributed by atoms with Gasteiger partial charge in [0.05, 0.1) is 5.41 Å². The number of carbonyl (C=O) groups excluding carboxylic acids is 1. The Labute approximate surface area is 206 Å². The van der Waals surface area contributed by atoms with E-state index in [1.54, 1.807) is 0 Å². The monoisotopic (exact) mass is 469 g/mol. The van der Waals surface area contributed by atoms with Crippen molar-refractivity contribution in [2.75, 3.05) is 0 Å². The molecule has 0 spiro atoms. The number of fused-ring (bicyclic) bond motifs is 7. The van der Waals surface area contributed by atoms with Gasteiger partial charge < -0.3 is 10.4 Å². The lowest BCUT2D eigenvalue weighted by atomic mass is 9.34. The molecule has 2 N–H and O–H groups in total. The highest BCUT2D eigenvalue weighted by molar-refractivity contribution is 5.77. The molecule has 0 aromatic rings. The Hall–Kier alpha value is -1.32. The molecule has 1 amide bonds. The highest BCUT2D eigenvalue weighted by Crippen LogP contribution is 2.74. The fraction of sp³-hybridized carbons (Fsp3) is 0.867. The maximum atomic E-state index is 12.8. The molecule has 1 heterocycles. The second-order valence-corrected chi connectivity index (χ2v) is 14.4. The standard InChI is InChI=1S/C30H47NO3/c1-18-10-15-30(25(33)34)17-16-28(6)20(24(30)19(18)2)8-9-22-27(5)13-12-23(32)31-26(3,4)21(27)11-14-29(22,28)7/h8,18-19,21-22,24H,9-17H2,1-7H3,(H,31,32)(H,33,34)/t18-,19+,21?,22-,24+,27+,28-,29-,30+/m1/s1. The van der Waals surface area contributed by atoms with Crippen LogP contribution >= 0.6 is 0 Å². The molecule has 1 aliphatic heterocycles. The lowest BCUT2D eigenvalue weighted by molar-refractivity contribution is -0.178. The molecule has 0 bridgehead atoms. The van der Waals surface area contributed by atoms with Crippen molar-refractivity contribution in [3.63, 3.8) is 0 Å². The Bertz CT molecular complexity index is 937. The number of carbonyl (C=O) groups is 2. The third-order valence-electron chi connectivity index (χ3n) is 12.9. The molecule has 0 aromatic carbocycles. The number of carboxylic acid groups (broad SMARTS) is 1. The van der Waals surface area contributed by atoms with Crippen LogP contribution in [-0.2, 0) is 9.59 Å². The molecule has 0 aromatic heterocycles. The average Bonchev–Trinajstić information content (AvgIpc) is 2.83. The Morgan fingerprint density at radius 1 is 0.971 bits per heavy atom. The van der Waals surface area contributed by atoms with E-state index in [0.29, 0.717) is 30.1 Å². The van der Waals surface area contributed by atoms with Crippen molar-refractivity contribution >= 4 is 11.9 Å². The molecule has 190 valence electrons. The molecule has 1 saturated heterocycles. The summed E-state index contributed by atoms with van der Waals surface area (Å²) in [6.07, 6.45) is 11.1. The van der Waals surface area contributed by atoms with Gasteiger partial charge in [0.1, 0.15) is 0 Å². The minimum atomic E-state index is -0.581. The first-order valence-corrected chi connectivity index (χ1v) is 14.0. The lowest BCUT2D eigenvalue weighted by Crippen LogP contribution is -2.65. The molecule has 4 nitrogen and oxygen atoms in total. The van der Waals surface area contributed by atoms with Crippen LogP contribution in [0, 0.1) is 51.2 Å². The number of aliphatic carboxylic acids is 1. The number of allylic oxidation sites excluding steroid dienone is 2. The topological polar surface area (TPSA) is 66.4 Å². The van der Waals surface area contributed by atoms with Crippen LogP contribution in [0.1, 0.15) is 106 Å². The predicted octanol–water partition coefficient (Wildman–Crippen LogP) is 6.60. The van der Waals surface area contributed by atoms with Gasteiger partial charge in [-0.15, -0.1) is 0 Å². The zero-order chi connectivity index (χ0) is 24.9. The maximum Gasteiger partial charge on any atom is 0.310 e. The summed E-state index contributed by atoms with van der Waals surface area (Å²) in [6, 6.07) is 0. The van der Waals surface area contributed by atoms with Crippen LogP contribution < -0.4 is 5.32 Å². The summed E-state index contributed by atoms with van der Waals surface area (Å²) in [7, 11) is 0. The zero-order valence-corrected chi connectivity index (χ0v) is 22.6. The molecule has 5 aliphatic rings. The van der Waals surface area contributed by atoms with Gasteiger partial charge in [-0.25, -0.2) is 0 Å². The van der Waals surface area contributed by atoms with Gasteiger partial charge in [-0.2, -0.15) is 0 Å². The molecule has 34 heavy (non-hydrogen) atoms. The number of hydrogen-bond acceptors (Lipinski definition) is 2. The van der Waals surface area contributed by atoms with Gasteiger partial charge in [0.15, 0.2) is 0 Å². The first-order valence-electron chi connectivity index (χ1n) is 14.0. The van der Waals surface area contributed by atoms with E-state index in [1.165, 1.54) is 12.0 Å². The quantitative estimate of drug-likeness (QED) is 0.425. The average molecular weight is 470 g/mol. The number of hydrogen-bond donors (Lipinski definition) is 2. The maximum absolute atomic E-state index is 12.8. The fourth-order valence-corrected chi connectivity index (χ4v) is 10.7. The van der Waals surface area contributed by atoms with Crippen molar-refractivity contribution in [2.24, 2.45) is 51.2 Å². The highest BCUT2D eigenvalue weighted by Gasteiger charge is 2.68. The second kappa shape index (κ2) is 7.35. The van der Waals surface area contributed by atoms with Crippen molar-refractivity contribution in [2.45, 2.75) is 112 Å². The molecule has 4 fully saturated rings. The molecule has 1 unspecified atom stereocenters. The molecular formula is C30H47NO3. The Balaban J connectivity index is 1.62. The first-order chi connectivity index (χ1) is 15.7. The van der Waals surface area contributed by atoms with Crippen LogP contribution in [0.4, 0.5) is 0 Å². The van der Waals surface area contributed by atoms with Gasteiger partial charge in [0.25, 0.3) is 0 Å². The number of carboxylic acids is 1. The van der Waals surface area contributed by atoms with Crippen LogP contribution in [0.2, 0.25) is 0 Å². The van der Waals surface area contributed by atoms with Crippen LogP contribution in [0.15, 0.2) is 11.6 Å². The van der Waals surface area contributed by atoms with E-state index in [9.17, 15) is 14.7 Å². The van der Waals surface area contributed by atoms with Crippen LogP contribution in [0.25, 0.3) is 0 Å². The lowest BCUT2D eigenvalue weighted by Gasteiger charge is -2.69. The minimum Gasteiger partial charge on any atom is -0.481 e. The second-order valence-electron chi connectivity index (χ2n) is 14.4. The Morgan fingerprint density at radius 3 is 2.35 bits per heavy atom. The van der Waals surface area contributed by atoms with Crippen LogP contribution in [-0.4, -0.2) is 22.5 Å². The van der Waals surface area contributed by atoms with Crippen LogP contribution in [0.5, 0.6) is 0 Å². The van der Waals surface area contributed by atoms with Crippen LogP contribution in [0.3, 0.4) is 0 Å². The van der Waals surface area contributed by atoms with Crippen molar-refractivity contribution in [1.82, 2.24) is 5.32 Å². The molecule has 4 aliphatic carbocycles. The minimum absolute atomic E-state index is 0.0344. The Kier molecular flexibility index (Phi) is 5.27. The smallest absolute Gasteiger partial charge is 0.310 e. The van der Waals surface area contributed by atoms with E-state index < -0.39 is 11.4 Å². The number of nitrogens with one attached hydrogen (secondary N) is 1. The van der Waals surface area contributed by atoms with E-state index in [1.807, 2.05) is 0 Å². The van der Waals surface area contributed by atoms with Crippen molar-refractivity contribution in [3.8, 4) is 0 Å². The molecule has 3 saturated carbocycles. The van der Waals surface area contributed by atoms with E-state index in [2.05, 4.69) is 59.9 Å². The first kappa shape index (κ1) is 24.4. The summed E-state index contributed by atoms with van der Waals surface area (Å²) >= 11 is 0. The van der Waals surface area contributed by atoms with E-state index in [0.717, 1.165) is 44.9 Å². The van der Waals surface area contributed by atoms with Gasteiger partial charge in [-0.1, -0.05) is 46.3 Å². The van der Waals surface area contributed by atoms with Gasteiger partial charge in [-0.3, -0.25) is 9.59 Å². The van der Waals surface area contributed by atoms with Gasteiger partial charge in [-0.05, 0) is 111 Å². The number of amides is 1. The summed E-state index contributed by atoms with van der Waals surface area (Å²) in [6.45, 7) is 16.7. The zero-order valence-electron chi connectivity index (χ0n) is 22.6. The SMILES string of the molecule is C[C@H]1[C@H](C)CC[C@]2(C(=O)O)CC[C@]3(C)C(=CC[C@@H]4[C@@]5(C)CCC(=O)NC(C)(C)C5CC[C@]43C)[C@H]12. The Morgan fingerprint density at radius 2 is 1.68 bits per heavy atom. The molecule has 5 rings (SSSR count). The highest BCUT2D eigenvalue weighted by atomic mass is 16.4. The van der Waals surface area contributed by atoms with E-state index in [4.69, 9.17) is 0 Å². The van der Waals surface area contributed by atoms with Crippen molar-refractivity contribution in [1.29, 1.82) is 0 Å². The van der Waals surface area contributed by atoms with Gasteiger partial charge in [0, 0.05) is 12.0 Å². The molecule has 9 atom stereocenters. The van der Waals surface area contributed by atoms with Gasteiger partial charge >= 0.3 is 5.97 Å². The summed E-state index contributed by atoms with van der Waals surface area (Å²) in [4.78, 5) is 25.5. The van der Waals surface area contributed by atoms with Crippen molar-refractivity contribution < 1.29 is 14.7 Å². The fourth-order valence-electron chi connectivity index (χ4n) is 10.7. The number of rotatable bonds is 1. The summed E-state index contributed by atoms with van der Waals surface area (Å²) in [5, 5.41) is 13.9. The molecule has 0 radical (unpaired) electrons. The van der Waals surface area contributed by atoms with E-state index >= 15 is 0 Å². The van der Waals surface area contributed by atoms with Gasteiger partial charge in [0.2, 0.25) is 5.91 Å². The normalized spacial score (nSPS) is 52.0. The third kappa shape index (κ3) is 2.89. The summed E-state index contributed by atoms with van der Waals surface area (Å²) in [5.41, 5.74) is 0.995. The summed E-state index contributed by atoms with van der Waals surface area (Å²) < 4.78 is 0. The molecule has 4 heteroatoms. The third-order valence-corrected chi connectivity index (χ3v) is 12.9. The van der Waals surface area contributed by atoms with E-state index in [-0.39, 0.29) is 33.6 Å². The van der Waals surface area contributed by atoms with Crippen molar-refractivity contribution in [3.05, 3.63) is 11.6 Å². The summed E-state index contributed by atoms with van der Waals surface area (Å²) in [5.74, 6) is 1.77. The predicted molar refractivity (Wildman–Crippen MR) is 135 cm³/mol. The largest absolute Gasteiger partial charge is 0.481 e.